The van der Waals surface area contributed by atoms with Gasteiger partial charge in [0.15, 0.2) is 0 Å². The van der Waals surface area contributed by atoms with Crippen molar-refractivity contribution >= 4 is 20.4 Å². The SMILES string of the molecule is NCCOCC1CCC(c2c[nH]c3cncnc23)N1P. The quantitative estimate of drug-likeness (QED) is 0.640. The molecule has 7 heteroatoms. The first kappa shape index (κ1) is 13.9. The third kappa shape index (κ3) is 2.56. The zero-order valence-corrected chi connectivity index (χ0v) is 12.5. The lowest BCUT2D eigenvalue weighted by atomic mass is 10.1. The maximum atomic E-state index is 5.58. The number of rotatable bonds is 5. The number of nitrogens with one attached hydrogen (secondary N) is 1. The molecule has 108 valence electrons. The molecule has 3 N–H and O–H groups in total. The number of H-pyrrole nitrogens is 1. The summed E-state index contributed by atoms with van der Waals surface area (Å²) in [6.45, 7) is 1.93. The van der Waals surface area contributed by atoms with Crippen molar-refractivity contribution in [3.05, 3.63) is 24.3 Å². The first-order valence-corrected chi connectivity index (χ1v) is 7.40. The Kier molecular flexibility index (Phi) is 4.27. The van der Waals surface area contributed by atoms with Crippen molar-refractivity contribution in [3.8, 4) is 0 Å². The molecule has 2 aromatic rings. The van der Waals surface area contributed by atoms with Crippen LogP contribution in [-0.4, -0.2) is 45.4 Å². The molecule has 0 saturated carbocycles. The number of hydrogen-bond acceptors (Lipinski definition) is 5. The molecule has 3 rings (SSSR count). The average Bonchev–Trinajstić information content (AvgIpc) is 3.04. The van der Waals surface area contributed by atoms with E-state index in [1.165, 1.54) is 5.56 Å². The van der Waals surface area contributed by atoms with Crippen LogP contribution >= 0.6 is 9.39 Å². The molecule has 2 aromatic heterocycles. The summed E-state index contributed by atoms with van der Waals surface area (Å²) in [4.78, 5) is 11.7. The standard InChI is InChI=1S/C13H20N5OP/c14-3-4-19-7-9-1-2-12(18(9)20)10-5-16-11-6-15-8-17-13(10)11/h5-6,8-9,12,16H,1-4,7,14,20H2. The summed E-state index contributed by atoms with van der Waals surface area (Å²) in [5.74, 6) is 0. The van der Waals surface area contributed by atoms with Gasteiger partial charge in [0.25, 0.3) is 0 Å². The van der Waals surface area contributed by atoms with Crippen LogP contribution in [-0.2, 0) is 4.74 Å². The van der Waals surface area contributed by atoms with E-state index < -0.39 is 0 Å². The Labute approximate surface area is 120 Å². The second kappa shape index (κ2) is 6.14. The number of fused-ring (bicyclic) bond motifs is 1. The molecule has 0 amide bonds. The Morgan fingerprint density at radius 1 is 1.50 bits per heavy atom. The predicted octanol–water partition coefficient (Wildman–Crippen LogP) is 1.23. The van der Waals surface area contributed by atoms with Gasteiger partial charge in [-0.15, -0.1) is 0 Å². The molecule has 1 fully saturated rings. The first-order chi connectivity index (χ1) is 9.81. The van der Waals surface area contributed by atoms with Gasteiger partial charge in [-0.05, 0) is 12.8 Å². The van der Waals surface area contributed by atoms with Crippen molar-refractivity contribution in [2.45, 2.75) is 24.9 Å². The summed E-state index contributed by atoms with van der Waals surface area (Å²) < 4.78 is 7.88. The van der Waals surface area contributed by atoms with Gasteiger partial charge in [-0.25, -0.2) is 9.97 Å². The minimum atomic E-state index is 0.357. The van der Waals surface area contributed by atoms with Crippen LogP contribution in [0.15, 0.2) is 18.7 Å². The molecular weight excluding hydrogens is 273 g/mol. The predicted molar refractivity (Wildman–Crippen MR) is 81.1 cm³/mol. The summed E-state index contributed by atoms with van der Waals surface area (Å²) in [5, 5.41) is 0. The fraction of sp³-hybridized carbons (Fsp3) is 0.538. The van der Waals surface area contributed by atoms with Crippen molar-refractivity contribution in [1.29, 1.82) is 0 Å². The normalized spacial score (nSPS) is 23.7. The Bertz CT molecular complexity index is 575. The Morgan fingerprint density at radius 3 is 3.25 bits per heavy atom. The Hall–Kier alpha value is -1.07. The van der Waals surface area contributed by atoms with E-state index in [9.17, 15) is 0 Å². The Balaban J connectivity index is 1.75. The van der Waals surface area contributed by atoms with E-state index in [1.54, 1.807) is 6.33 Å². The highest BCUT2D eigenvalue weighted by molar-refractivity contribution is 7.13. The minimum Gasteiger partial charge on any atom is -0.379 e. The van der Waals surface area contributed by atoms with Crippen molar-refractivity contribution in [2.24, 2.45) is 5.73 Å². The van der Waals surface area contributed by atoms with Crippen molar-refractivity contribution < 1.29 is 4.74 Å². The van der Waals surface area contributed by atoms with Gasteiger partial charge in [0, 0.05) is 30.4 Å². The van der Waals surface area contributed by atoms with Crippen LogP contribution in [0.25, 0.3) is 11.0 Å². The maximum Gasteiger partial charge on any atom is 0.116 e. The molecule has 3 heterocycles. The lowest BCUT2D eigenvalue weighted by molar-refractivity contribution is 0.103. The molecule has 20 heavy (non-hydrogen) atoms. The van der Waals surface area contributed by atoms with Crippen molar-refractivity contribution in [2.75, 3.05) is 19.8 Å². The number of aromatic amines is 1. The highest BCUT2D eigenvalue weighted by Crippen LogP contribution is 2.40. The van der Waals surface area contributed by atoms with Gasteiger partial charge in [0.05, 0.1) is 30.4 Å². The molecule has 1 saturated heterocycles. The zero-order chi connectivity index (χ0) is 13.9. The molecule has 1 aliphatic heterocycles. The smallest absolute Gasteiger partial charge is 0.116 e. The van der Waals surface area contributed by atoms with Crippen LogP contribution in [0.3, 0.4) is 0 Å². The van der Waals surface area contributed by atoms with Crippen LogP contribution in [0.2, 0.25) is 0 Å². The highest BCUT2D eigenvalue weighted by Gasteiger charge is 2.33. The van der Waals surface area contributed by atoms with E-state index in [4.69, 9.17) is 10.5 Å². The fourth-order valence-corrected chi connectivity index (χ4v) is 3.38. The second-order valence-electron chi connectivity index (χ2n) is 5.09. The van der Waals surface area contributed by atoms with Crippen LogP contribution < -0.4 is 5.73 Å². The topological polar surface area (TPSA) is 80.1 Å². The van der Waals surface area contributed by atoms with E-state index in [1.807, 2.05) is 12.4 Å². The summed E-state index contributed by atoms with van der Waals surface area (Å²) in [7, 11) is 2.84. The van der Waals surface area contributed by atoms with Gasteiger partial charge >= 0.3 is 0 Å². The molecule has 0 spiro atoms. The van der Waals surface area contributed by atoms with E-state index in [0.29, 0.717) is 25.2 Å². The van der Waals surface area contributed by atoms with E-state index >= 15 is 0 Å². The fourth-order valence-electron chi connectivity index (χ4n) is 2.83. The van der Waals surface area contributed by atoms with Gasteiger partial charge in [-0.1, -0.05) is 9.39 Å². The molecule has 0 radical (unpaired) electrons. The molecule has 0 bridgehead atoms. The lowest BCUT2D eigenvalue weighted by Gasteiger charge is -2.24. The van der Waals surface area contributed by atoms with Gasteiger partial charge in [0.2, 0.25) is 0 Å². The maximum absolute atomic E-state index is 5.58. The third-order valence-electron chi connectivity index (χ3n) is 3.86. The van der Waals surface area contributed by atoms with Crippen LogP contribution in [0.4, 0.5) is 0 Å². The highest BCUT2D eigenvalue weighted by atomic mass is 31.0. The van der Waals surface area contributed by atoms with E-state index in [0.717, 1.165) is 30.5 Å². The van der Waals surface area contributed by atoms with Crippen LogP contribution in [0.5, 0.6) is 0 Å². The van der Waals surface area contributed by atoms with Gasteiger partial charge in [-0.3, -0.25) is 4.67 Å². The van der Waals surface area contributed by atoms with Crippen molar-refractivity contribution in [1.82, 2.24) is 19.6 Å². The van der Waals surface area contributed by atoms with Crippen LogP contribution in [0, 0.1) is 0 Å². The van der Waals surface area contributed by atoms with E-state index in [2.05, 4.69) is 29.0 Å². The largest absolute Gasteiger partial charge is 0.379 e. The monoisotopic (exact) mass is 293 g/mol. The summed E-state index contributed by atoms with van der Waals surface area (Å²) >= 11 is 0. The van der Waals surface area contributed by atoms with Crippen molar-refractivity contribution in [3.63, 3.8) is 0 Å². The average molecular weight is 293 g/mol. The second-order valence-corrected chi connectivity index (χ2v) is 5.68. The number of nitrogens with zero attached hydrogens (tertiary/aromatic N) is 3. The van der Waals surface area contributed by atoms with Gasteiger partial charge in [-0.2, -0.15) is 0 Å². The molecule has 3 atom stereocenters. The van der Waals surface area contributed by atoms with Gasteiger partial charge < -0.3 is 15.5 Å². The van der Waals surface area contributed by atoms with Crippen LogP contribution in [0.1, 0.15) is 24.4 Å². The summed E-state index contributed by atoms with van der Waals surface area (Å²) in [6, 6.07) is 0.776. The first-order valence-electron chi connectivity index (χ1n) is 6.89. The molecule has 1 aliphatic rings. The molecular formula is C13H20N5OP. The summed E-state index contributed by atoms with van der Waals surface area (Å²) in [6.07, 6.45) is 7.69. The minimum absolute atomic E-state index is 0.357. The molecule has 6 nitrogen and oxygen atoms in total. The zero-order valence-electron chi connectivity index (χ0n) is 11.3. The number of ether oxygens (including phenoxy) is 1. The number of nitrogens with two attached hydrogens (primary N) is 1. The number of aromatic nitrogens is 3. The lowest BCUT2D eigenvalue weighted by Crippen LogP contribution is -2.27. The summed E-state index contributed by atoms with van der Waals surface area (Å²) in [5.41, 5.74) is 8.69. The number of hydrogen-bond donors (Lipinski definition) is 2. The molecule has 3 unspecified atom stereocenters. The Morgan fingerprint density at radius 2 is 2.40 bits per heavy atom. The van der Waals surface area contributed by atoms with Gasteiger partial charge in [0.1, 0.15) is 6.33 Å². The third-order valence-corrected chi connectivity index (χ3v) is 4.64. The molecule has 0 aromatic carbocycles. The van der Waals surface area contributed by atoms with E-state index in [-0.39, 0.29) is 0 Å². The molecule has 0 aliphatic carbocycles.